The average molecular weight is 273 g/mol. The Kier molecular flexibility index (Phi) is 3.60. The molecule has 1 aliphatic rings. The summed E-state index contributed by atoms with van der Waals surface area (Å²) in [5.74, 6) is 0.379. The van der Waals surface area contributed by atoms with Crippen molar-refractivity contribution in [2.24, 2.45) is 5.92 Å². The van der Waals surface area contributed by atoms with Gasteiger partial charge in [-0.25, -0.2) is 4.98 Å². The van der Waals surface area contributed by atoms with Gasteiger partial charge in [0.15, 0.2) is 0 Å². The van der Waals surface area contributed by atoms with Gasteiger partial charge in [-0.1, -0.05) is 13.8 Å². The van der Waals surface area contributed by atoms with Crippen LogP contribution in [0.5, 0.6) is 0 Å². The highest BCUT2D eigenvalue weighted by molar-refractivity contribution is 5.68. The van der Waals surface area contributed by atoms with E-state index in [1.165, 1.54) is 0 Å². The van der Waals surface area contributed by atoms with Gasteiger partial charge in [0.2, 0.25) is 0 Å². The van der Waals surface area contributed by atoms with Crippen LogP contribution in [-0.4, -0.2) is 17.6 Å². The standard InChI is InChI=1S/C13H18F3N3/c1-8(2)10-4-3-5-19(10)11-6-12(13(14,15)16)18-7-9(11)17/h6-8,10H,3-5,17H2,1-2H3. The average Bonchev–Trinajstić information content (AvgIpc) is 2.76. The molecule has 1 fully saturated rings. The first-order chi connectivity index (χ1) is 8.80. The maximum absolute atomic E-state index is 12.7. The highest BCUT2D eigenvalue weighted by Gasteiger charge is 2.35. The molecule has 2 heterocycles. The number of alkyl halides is 3. The van der Waals surface area contributed by atoms with E-state index in [9.17, 15) is 13.2 Å². The Bertz CT molecular complexity index is 457. The van der Waals surface area contributed by atoms with E-state index in [4.69, 9.17) is 5.73 Å². The number of hydrogen-bond donors (Lipinski definition) is 1. The van der Waals surface area contributed by atoms with E-state index in [1.54, 1.807) is 0 Å². The molecule has 1 aromatic heterocycles. The van der Waals surface area contributed by atoms with Crippen LogP contribution in [0.3, 0.4) is 0 Å². The lowest BCUT2D eigenvalue weighted by Crippen LogP contribution is -2.34. The molecular weight excluding hydrogens is 255 g/mol. The second kappa shape index (κ2) is 4.90. The Morgan fingerprint density at radius 2 is 2.11 bits per heavy atom. The predicted octanol–water partition coefficient (Wildman–Crippen LogP) is 3.31. The monoisotopic (exact) mass is 273 g/mol. The zero-order valence-corrected chi connectivity index (χ0v) is 11.0. The first kappa shape index (κ1) is 14.0. The van der Waals surface area contributed by atoms with Crippen molar-refractivity contribution < 1.29 is 13.2 Å². The van der Waals surface area contributed by atoms with E-state index in [0.717, 1.165) is 31.6 Å². The molecule has 0 spiro atoms. The van der Waals surface area contributed by atoms with Gasteiger partial charge in [-0.2, -0.15) is 13.2 Å². The fourth-order valence-corrected chi connectivity index (χ4v) is 2.64. The van der Waals surface area contributed by atoms with Crippen LogP contribution in [0.2, 0.25) is 0 Å². The minimum absolute atomic E-state index is 0.241. The van der Waals surface area contributed by atoms with Crippen molar-refractivity contribution >= 4 is 11.4 Å². The second-order valence-corrected chi connectivity index (χ2v) is 5.27. The maximum atomic E-state index is 12.7. The number of rotatable bonds is 2. The first-order valence-electron chi connectivity index (χ1n) is 6.40. The second-order valence-electron chi connectivity index (χ2n) is 5.27. The summed E-state index contributed by atoms with van der Waals surface area (Å²) in [6, 6.07) is 1.31. The van der Waals surface area contributed by atoms with E-state index in [0.29, 0.717) is 17.3 Å². The van der Waals surface area contributed by atoms with Crippen LogP contribution in [0, 0.1) is 5.92 Å². The minimum atomic E-state index is -4.44. The molecule has 0 bridgehead atoms. The topological polar surface area (TPSA) is 42.2 Å². The lowest BCUT2D eigenvalue weighted by Gasteiger charge is -2.31. The van der Waals surface area contributed by atoms with Crippen LogP contribution in [0.15, 0.2) is 12.3 Å². The minimum Gasteiger partial charge on any atom is -0.396 e. The van der Waals surface area contributed by atoms with E-state index < -0.39 is 11.9 Å². The zero-order valence-electron chi connectivity index (χ0n) is 11.0. The molecule has 0 saturated carbocycles. The lowest BCUT2D eigenvalue weighted by molar-refractivity contribution is -0.141. The van der Waals surface area contributed by atoms with Crippen LogP contribution >= 0.6 is 0 Å². The van der Waals surface area contributed by atoms with Crippen molar-refractivity contribution in [1.29, 1.82) is 0 Å². The van der Waals surface area contributed by atoms with Crippen molar-refractivity contribution in [3.8, 4) is 0 Å². The summed E-state index contributed by atoms with van der Waals surface area (Å²) in [6.45, 7) is 4.89. The summed E-state index contributed by atoms with van der Waals surface area (Å²) < 4.78 is 38.2. The maximum Gasteiger partial charge on any atom is 0.433 e. The molecule has 3 nitrogen and oxygen atoms in total. The van der Waals surface area contributed by atoms with Gasteiger partial charge in [-0.05, 0) is 24.8 Å². The normalized spacial score (nSPS) is 20.3. The van der Waals surface area contributed by atoms with E-state index >= 15 is 0 Å². The zero-order chi connectivity index (χ0) is 14.2. The van der Waals surface area contributed by atoms with Gasteiger partial charge < -0.3 is 10.6 Å². The van der Waals surface area contributed by atoms with Gasteiger partial charge in [0.1, 0.15) is 5.69 Å². The molecule has 2 rings (SSSR count). The predicted molar refractivity (Wildman–Crippen MR) is 68.9 cm³/mol. The third-order valence-corrected chi connectivity index (χ3v) is 3.58. The van der Waals surface area contributed by atoms with E-state index in [2.05, 4.69) is 18.8 Å². The number of pyridine rings is 1. The molecule has 0 radical (unpaired) electrons. The Morgan fingerprint density at radius 1 is 1.42 bits per heavy atom. The van der Waals surface area contributed by atoms with Crippen molar-refractivity contribution in [3.63, 3.8) is 0 Å². The highest BCUT2D eigenvalue weighted by atomic mass is 19.4. The van der Waals surface area contributed by atoms with Gasteiger partial charge in [-0.15, -0.1) is 0 Å². The molecule has 19 heavy (non-hydrogen) atoms. The Morgan fingerprint density at radius 3 is 2.68 bits per heavy atom. The molecule has 1 aliphatic heterocycles. The molecule has 2 N–H and O–H groups in total. The summed E-state index contributed by atoms with van der Waals surface area (Å²) >= 11 is 0. The number of aromatic nitrogens is 1. The number of nitrogens with two attached hydrogens (primary N) is 1. The Balaban J connectivity index is 2.38. The molecule has 1 unspecified atom stereocenters. The van der Waals surface area contributed by atoms with Gasteiger partial charge in [-0.3, -0.25) is 0 Å². The molecule has 1 aromatic rings. The molecular formula is C13H18F3N3. The lowest BCUT2D eigenvalue weighted by atomic mass is 10.0. The van der Waals surface area contributed by atoms with Crippen LogP contribution in [-0.2, 0) is 6.18 Å². The summed E-state index contributed by atoms with van der Waals surface area (Å²) in [5, 5.41) is 0. The summed E-state index contributed by atoms with van der Waals surface area (Å²) in [6.07, 6.45) is -1.36. The number of nitrogens with zero attached hydrogens (tertiary/aromatic N) is 2. The summed E-state index contributed by atoms with van der Waals surface area (Å²) in [4.78, 5) is 5.36. The fourth-order valence-electron chi connectivity index (χ4n) is 2.64. The third-order valence-electron chi connectivity index (χ3n) is 3.58. The molecule has 6 heteroatoms. The SMILES string of the molecule is CC(C)C1CCCN1c1cc(C(F)(F)F)ncc1N. The molecule has 0 amide bonds. The third kappa shape index (κ3) is 2.77. The smallest absolute Gasteiger partial charge is 0.396 e. The number of nitrogen functional groups attached to an aromatic ring is 1. The van der Waals surface area contributed by atoms with Crippen molar-refractivity contribution in [1.82, 2.24) is 4.98 Å². The molecule has 1 atom stereocenters. The summed E-state index contributed by atoms with van der Waals surface area (Å²) in [5.41, 5.74) is 5.68. The fraction of sp³-hybridized carbons (Fsp3) is 0.615. The van der Waals surface area contributed by atoms with Gasteiger partial charge in [0.05, 0.1) is 17.6 Å². The number of anilines is 2. The van der Waals surface area contributed by atoms with E-state index in [1.807, 2.05) is 4.90 Å². The molecule has 0 aliphatic carbocycles. The van der Waals surface area contributed by atoms with Crippen LogP contribution < -0.4 is 10.6 Å². The molecule has 106 valence electrons. The Hall–Kier alpha value is -1.46. The molecule has 0 aromatic carbocycles. The van der Waals surface area contributed by atoms with Crippen LogP contribution in [0.4, 0.5) is 24.5 Å². The summed E-state index contributed by atoms with van der Waals surface area (Å²) in [7, 11) is 0. The van der Waals surface area contributed by atoms with Gasteiger partial charge in [0.25, 0.3) is 0 Å². The first-order valence-corrected chi connectivity index (χ1v) is 6.40. The van der Waals surface area contributed by atoms with Crippen molar-refractivity contribution in [2.75, 3.05) is 17.2 Å². The van der Waals surface area contributed by atoms with Gasteiger partial charge in [0, 0.05) is 12.6 Å². The molecule has 1 saturated heterocycles. The van der Waals surface area contributed by atoms with Crippen molar-refractivity contribution in [2.45, 2.75) is 38.9 Å². The van der Waals surface area contributed by atoms with E-state index in [-0.39, 0.29) is 6.04 Å². The van der Waals surface area contributed by atoms with Crippen LogP contribution in [0.25, 0.3) is 0 Å². The number of halogens is 3. The Labute approximate surface area is 110 Å². The van der Waals surface area contributed by atoms with Gasteiger partial charge >= 0.3 is 6.18 Å². The number of hydrogen-bond acceptors (Lipinski definition) is 3. The quantitative estimate of drug-likeness (QED) is 0.899. The highest BCUT2D eigenvalue weighted by Crippen LogP contribution is 2.36. The van der Waals surface area contributed by atoms with Crippen LogP contribution in [0.1, 0.15) is 32.4 Å². The largest absolute Gasteiger partial charge is 0.433 e. The van der Waals surface area contributed by atoms with Crippen molar-refractivity contribution in [3.05, 3.63) is 18.0 Å².